The van der Waals surface area contributed by atoms with Gasteiger partial charge in [0.25, 0.3) is 0 Å². The van der Waals surface area contributed by atoms with E-state index in [9.17, 15) is 10.2 Å². The summed E-state index contributed by atoms with van der Waals surface area (Å²) in [5.41, 5.74) is 0.837. The van der Waals surface area contributed by atoms with Gasteiger partial charge >= 0.3 is 0 Å². The van der Waals surface area contributed by atoms with E-state index >= 15 is 0 Å². The van der Waals surface area contributed by atoms with Gasteiger partial charge in [0.05, 0.1) is 16.8 Å². The van der Waals surface area contributed by atoms with E-state index < -0.39 is 6.10 Å². The van der Waals surface area contributed by atoms with Crippen molar-refractivity contribution in [2.75, 3.05) is 11.5 Å². The molecule has 1 saturated carbocycles. The Balaban J connectivity index is 2.04. The fourth-order valence-corrected chi connectivity index (χ4v) is 5.42. The van der Waals surface area contributed by atoms with Crippen LogP contribution >= 0.6 is 23.5 Å². The molecular formula is C10H16O2S2. The molecule has 80 valence electrons. The second kappa shape index (κ2) is 4.47. The van der Waals surface area contributed by atoms with Gasteiger partial charge in [0.2, 0.25) is 0 Å². The summed E-state index contributed by atoms with van der Waals surface area (Å²) in [6.07, 6.45) is 0.851. The molecule has 1 aliphatic heterocycles. The molecule has 3 atom stereocenters. The van der Waals surface area contributed by atoms with E-state index in [0.29, 0.717) is 11.0 Å². The lowest BCUT2D eigenvalue weighted by atomic mass is 10.0. The molecular weight excluding hydrogens is 216 g/mol. The molecule has 0 aromatic heterocycles. The Labute approximate surface area is 93.2 Å². The minimum absolute atomic E-state index is 0.0975. The van der Waals surface area contributed by atoms with Crippen LogP contribution < -0.4 is 0 Å². The Bertz CT molecular complexity index is 226. The second-order valence-corrected chi connectivity index (χ2v) is 6.68. The van der Waals surface area contributed by atoms with Gasteiger partial charge in [-0.05, 0) is 23.5 Å². The van der Waals surface area contributed by atoms with Crippen LogP contribution in [-0.4, -0.2) is 38.5 Å². The number of aliphatic hydroxyl groups excluding tert-OH is 2. The predicted octanol–water partition coefficient (Wildman–Crippen LogP) is 1.48. The highest BCUT2D eigenvalue weighted by Gasteiger charge is 2.41. The number of aliphatic hydroxyl groups is 2. The van der Waals surface area contributed by atoms with Gasteiger partial charge in [-0.1, -0.05) is 6.58 Å². The molecule has 0 aromatic rings. The highest BCUT2D eigenvalue weighted by Crippen LogP contribution is 2.45. The third-order valence-corrected chi connectivity index (χ3v) is 5.99. The number of rotatable bonds is 1. The van der Waals surface area contributed by atoms with Gasteiger partial charge in [0, 0.05) is 12.3 Å². The van der Waals surface area contributed by atoms with E-state index in [0.717, 1.165) is 5.57 Å². The summed E-state index contributed by atoms with van der Waals surface area (Å²) in [5, 5.41) is 19.4. The van der Waals surface area contributed by atoms with Gasteiger partial charge in [0.1, 0.15) is 0 Å². The molecule has 2 aliphatic rings. The van der Waals surface area contributed by atoms with Gasteiger partial charge in [-0.2, -0.15) is 0 Å². The zero-order valence-electron chi connectivity index (χ0n) is 8.06. The van der Waals surface area contributed by atoms with Gasteiger partial charge in [-0.3, -0.25) is 0 Å². The second-order valence-electron chi connectivity index (χ2n) is 3.88. The van der Waals surface area contributed by atoms with Crippen LogP contribution in [0.1, 0.15) is 12.8 Å². The maximum atomic E-state index is 9.83. The van der Waals surface area contributed by atoms with Crippen LogP contribution in [0.3, 0.4) is 0 Å². The Kier molecular flexibility index (Phi) is 3.47. The molecule has 0 unspecified atom stereocenters. The summed E-state index contributed by atoms with van der Waals surface area (Å²) in [7, 11) is 0. The molecule has 0 spiro atoms. The number of hydrogen-bond acceptors (Lipinski definition) is 4. The summed E-state index contributed by atoms with van der Waals surface area (Å²) >= 11 is 3.80. The van der Waals surface area contributed by atoms with Crippen LogP contribution in [0.15, 0.2) is 12.2 Å². The molecule has 0 radical (unpaired) electrons. The van der Waals surface area contributed by atoms with Crippen LogP contribution in [0.2, 0.25) is 0 Å². The third-order valence-electron chi connectivity index (χ3n) is 2.88. The molecule has 2 N–H and O–H groups in total. The van der Waals surface area contributed by atoms with Crippen LogP contribution in [0.5, 0.6) is 0 Å². The fraction of sp³-hybridized carbons (Fsp3) is 0.800. The average molecular weight is 232 g/mol. The summed E-state index contributed by atoms with van der Waals surface area (Å²) in [4.78, 5) is 0. The summed E-state index contributed by atoms with van der Waals surface area (Å²) in [5.74, 6) is 2.44. The van der Waals surface area contributed by atoms with E-state index in [1.165, 1.54) is 17.9 Å². The molecule has 14 heavy (non-hydrogen) atoms. The minimum atomic E-state index is -0.488. The first-order chi connectivity index (χ1) is 6.70. The molecule has 4 heteroatoms. The predicted molar refractivity (Wildman–Crippen MR) is 62.6 cm³/mol. The summed E-state index contributed by atoms with van der Waals surface area (Å²) in [6, 6.07) is 0. The SMILES string of the molecule is C=C1[C@H](O)C[C@H](O)[C@H]1C1SCCCS1. The van der Waals surface area contributed by atoms with Crippen molar-refractivity contribution in [1.82, 2.24) is 0 Å². The Morgan fingerprint density at radius 2 is 1.86 bits per heavy atom. The van der Waals surface area contributed by atoms with Gasteiger partial charge in [-0.25, -0.2) is 0 Å². The van der Waals surface area contributed by atoms with Gasteiger partial charge < -0.3 is 10.2 Å². The molecule has 1 saturated heterocycles. The number of hydrogen-bond donors (Lipinski definition) is 2. The molecule has 1 aliphatic carbocycles. The third kappa shape index (κ3) is 1.98. The van der Waals surface area contributed by atoms with Crippen molar-refractivity contribution in [3.63, 3.8) is 0 Å². The zero-order chi connectivity index (χ0) is 10.1. The zero-order valence-corrected chi connectivity index (χ0v) is 9.69. The smallest absolute Gasteiger partial charge is 0.0776 e. The van der Waals surface area contributed by atoms with E-state index in [2.05, 4.69) is 6.58 Å². The highest BCUT2D eigenvalue weighted by atomic mass is 32.2. The fourth-order valence-electron chi connectivity index (χ4n) is 2.07. The van der Waals surface area contributed by atoms with Crippen molar-refractivity contribution in [2.24, 2.45) is 5.92 Å². The molecule has 1 heterocycles. The molecule has 2 rings (SSSR count). The molecule has 0 amide bonds. The minimum Gasteiger partial charge on any atom is -0.392 e. The monoisotopic (exact) mass is 232 g/mol. The molecule has 2 nitrogen and oxygen atoms in total. The summed E-state index contributed by atoms with van der Waals surface area (Å²) in [6.45, 7) is 3.91. The topological polar surface area (TPSA) is 40.5 Å². The Morgan fingerprint density at radius 3 is 2.36 bits per heavy atom. The lowest BCUT2D eigenvalue weighted by molar-refractivity contribution is 0.123. The maximum absolute atomic E-state index is 9.83. The largest absolute Gasteiger partial charge is 0.392 e. The van der Waals surface area contributed by atoms with Crippen LogP contribution in [0.4, 0.5) is 0 Å². The van der Waals surface area contributed by atoms with Gasteiger partial charge in [-0.15, -0.1) is 23.5 Å². The van der Waals surface area contributed by atoms with Crippen molar-refractivity contribution < 1.29 is 10.2 Å². The van der Waals surface area contributed by atoms with Crippen LogP contribution in [0, 0.1) is 5.92 Å². The lowest BCUT2D eigenvalue weighted by Crippen LogP contribution is -2.26. The maximum Gasteiger partial charge on any atom is 0.0776 e. The molecule has 0 bridgehead atoms. The normalized spacial score (nSPS) is 40.4. The average Bonchev–Trinajstić information content (AvgIpc) is 2.43. The molecule has 0 aromatic carbocycles. The van der Waals surface area contributed by atoms with E-state index in [4.69, 9.17) is 0 Å². The standard InChI is InChI=1S/C10H16O2S2/c1-6-7(11)5-8(12)9(6)10-13-3-2-4-14-10/h7-12H,1-5H2/t7-,8+,9+/m1/s1. The van der Waals surface area contributed by atoms with Crippen LogP contribution in [0.25, 0.3) is 0 Å². The van der Waals surface area contributed by atoms with Crippen molar-refractivity contribution >= 4 is 23.5 Å². The Hall–Kier alpha value is 0.360. The van der Waals surface area contributed by atoms with E-state index in [-0.39, 0.29) is 12.0 Å². The van der Waals surface area contributed by atoms with E-state index in [1.54, 1.807) is 0 Å². The van der Waals surface area contributed by atoms with Crippen LogP contribution in [-0.2, 0) is 0 Å². The first kappa shape index (κ1) is 10.9. The first-order valence-corrected chi connectivity index (χ1v) is 7.08. The van der Waals surface area contributed by atoms with Gasteiger partial charge in [0.15, 0.2) is 0 Å². The lowest BCUT2D eigenvalue weighted by Gasteiger charge is -2.29. The van der Waals surface area contributed by atoms with Crippen molar-refractivity contribution in [3.8, 4) is 0 Å². The van der Waals surface area contributed by atoms with E-state index in [1.807, 2.05) is 23.5 Å². The van der Waals surface area contributed by atoms with Crippen molar-refractivity contribution in [3.05, 3.63) is 12.2 Å². The Morgan fingerprint density at radius 1 is 1.21 bits per heavy atom. The summed E-state index contributed by atoms with van der Waals surface area (Å²) < 4.78 is 0.406. The highest BCUT2D eigenvalue weighted by molar-refractivity contribution is 8.17. The van der Waals surface area contributed by atoms with Crippen molar-refractivity contribution in [2.45, 2.75) is 29.6 Å². The number of thioether (sulfide) groups is 2. The quantitative estimate of drug-likeness (QED) is 0.672. The van der Waals surface area contributed by atoms with Crippen molar-refractivity contribution in [1.29, 1.82) is 0 Å². The first-order valence-electron chi connectivity index (χ1n) is 4.98. The molecule has 2 fully saturated rings.